The van der Waals surface area contributed by atoms with Crippen LogP contribution in [0.5, 0.6) is 11.5 Å². The standard InChI is InChI=1S/C19H21NO5/c1-23-15-9-14(10-16(11-15)24-2)19(22)20-17(12-18(21)25-3)13-7-5-4-6-8-13/h4-11,17H,12H2,1-3H3,(H,20,22)/t17-/m0/s1. The number of benzene rings is 2. The average molecular weight is 343 g/mol. The maximum Gasteiger partial charge on any atom is 0.307 e. The monoisotopic (exact) mass is 343 g/mol. The smallest absolute Gasteiger partial charge is 0.307 e. The lowest BCUT2D eigenvalue weighted by Gasteiger charge is -2.18. The third-order valence-electron chi connectivity index (χ3n) is 3.72. The topological polar surface area (TPSA) is 73.9 Å². The second-order valence-corrected chi connectivity index (χ2v) is 5.32. The van der Waals surface area contributed by atoms with Gasteiger partial charge in [-0.25, -0.2) is 0 Å². The van der Waals surface area contributed by atoms with E-state index in [9.17, 15) is 9.59 Å². The number of hydrogen-bond donors (Lipinski definition) is 1. The van der Waals surface area contributed by atoms with E-state index in [-0.39, 0.29) is 12.3 Å². The fourth-order valence-corrected chi connectivity index (χ4v) is 2.37. The second kappa shape index (κ2) is 8.73. The number of rotatable bonds is 7. The highest BCUT2D eigenvalue weighted by molar-refractivity contribution is 5.95. The summed E-state index contributed by atoms with van der Waals surface area (Å²) in [7, 11) is 4.35. The molecular weight excluding hydrogens is 322 g/mol. The minimum Gasteiger partial charge on any atom is -0.497 e. The summed E-state index contributed by atoms with van der Waals surface area (Å²) in [6.45, 7) is 0. The zero-order valence-corrected chi connectivity index (χ0v) is 14.4. The first kappa shape index (κ1) is 18.3. The minimum absolute atomic E-state index is 0.0351. The highest BCUT2D eigenvalue weighted by atomic mass is 16.5. The van der Waals surface area contributed by atoms with Crippen LogP contribution in [0, 0.1) is 0 Å². The molecule has 6 nitrogen and oxygen atoms in total. The van der Waals surface area contributed by atoms with Crippen LogP contribution in [0.4, 0.5) is 0 Å². The van der Waals surface area contributed by atoms with Gasteiger partial charge in [0, 0.05) is 11.6 Å². The van der Waals surface area contributed by atoms with Crippen LogP contribution in [-0.4, -0.2) is 33.2 Å². The van der Waals surface area contributed by atoms with Crippen molar-refractivity contribution < 1.29 is 23.8 Å². The molecule has 0 aliphatic carbocycles. The summed E-state index contributed by atoms with van der Waals surface area (Å²) in [5, 5.41) is 2.87. The molecule has 0 heterocycles. The van der Waals surface area contributed by atoms with Gasteiger partial charge in [-0.15, -0.1) is 0 Å². The molecule has 1 atom stereocenters. The first-order chi connectivity index (χ1) is 12.1. The normalized spacial score (nSPS) is 11.3. The van der Waals surface area contributed by atoms with Crippen molar-refractivity contribution in [3.63, 3.8) is 0 Å². The minimum atomic E-state index is -0.502. The Hall–Kier alpha value is -3.02. The Morgan fingerprint density at radius 1 is 0.960 bits per heavy atom. The molecule has 0 aliphatic rings. The van der Waals surface area contributed by atoms with Crippen LogP contribution in [0.25, 0.3) is 0 Å². The predicted molar refractivity (Wildman–Crippen MR) is 92.8 cm³/mol. The lowest BCUT2D eigenvalue weighted by atomic mass is 10.0. The molecule has 0 spiro atoms. The number of hydrogen-bond acceptors (Lipinski definition) is 5. The Kier molecular flexibility index (Phi) is 6.39. The summed E-state index contributed by atoms with van der Waals surface area (Å²) in [6.07, 6.45) is 0.0351. The van der Waals surface area contributed by atoms with Gasteiger partial charge in [0.2, 0.25) is 0 Å². The van der Waals surface area contributed by atoms with Crippen molar-refractivity contribution in [2.75, 3.05) is 21.3 Å². The van der Waals surface area contributed by atoms with E-state index in [4.69, 9.17) is 14.2 Å². The Labute approximate surface area is 146 Å². The zero-order chi connectivity index (χ0) is 18.2. The van der Waals surface area contributed by atoms with Crippen LogP contribution >= 0.6 is 0 Å². The van der Waals surface area contributed by atoms with Crippen molar-refractivity contribution in [2.24, 2.45) is 0 Å². The molecule has 132 valence electrons. The van der Waals surface area contributed by atoms with Crippen LogP contribution in [0.2, 0.25) is 0 Å². The second-order valence-electron chi connectivity index (χ2n) is 5.32. The van der Waals surface area contributed by atoms with Gasteiger partial charge in [-0.3, -0.25) is 9.59 Å². The highest BCUT2D eigenvalue weighted by Gasteiger charge is 2.20. The van der Waals surface area contributed by atoms with Crippen molar-refractivity contribution in [1.82, 2.24) is 5.32 Å². The van der Waals surface area contributed by atoms with Gasteiger partial charge in [-0.05, 0) is 17.7 Å². The van der Waals surface area contributed by atoms with E-state index in [0.717, 1.165) is 5.56 Å². The fourth-order valence-electron chi connectivity index (χ4n) is 2.37. The van der Waals surface area contributed by atoms with Crippen molar-refractivity contribution in [2.45, 2.75) is 12.5 Å². The van der Waals surface area contributed by atoms with Gasteiger partial charge in [0.1, 0.15) is 11.5 Å². The van der Waals surface area contributed by atoms with Crippen LogP contribution in [0.1, 0.15) is 28.4 Å². The summed E-state index contributed by atoms with van der Waals surface area (Å²) in [5.74, 6) is 0.273. The van der Waals surface area contributed by atoms with E-state index in [1.54, 1.807) is 18.2 Å². The van der Waals surface area contributed by atoms with E-state index < -0.39 is 12.0 Å². The van der Waals surface area contributed by atoms with Gasteiger partial charge in [-0.2, -0.15) is 0 Å². The maximum atomic E-state index is 12.7. The van der Waals surface area contributed by atoms with E-state index in [2.05, 4.69) is 5.32 Å². The van der Waals surface area contributed by atoms with Crippen LogP contribution in [0.3, 0.4) is 0 Å². The van der Waals surface area contributed by atoms with E-state index in [1.807, 2.05) is 30.3 Å². The average Bonchev–Trinajstić information content (AvgIpc) is 2.67. The number of carbonyl (C=O) groups is 2. The van der Waals surface area contributed by atoms with Gasteiger partial charge in [-0.1, -0.05) is 30.3 Å². The van der Waals surface area contributed by atoms with Gasteiger partial charge in [0.25, 0.3) is 5.91 Å². The molecule has 25 heavy (non-hydrogen) atoms. The molecule has 0 saturated heterocycles. The molecule has 1 N–H and O–H groups in total. The largest absolute Gasteiger partial charge is 0.497 e. The molecule has 1 amide bonds. The maximum absolute atomic E-state index is 12.7. The molecular formula is C19H21NO5. The quantitative estimate of drug-likeness (QED) is 0.783. The summed E-state index contributed by atoms with van der Waals surface area (Å²) < 4.78 is 15.1. The van der Waals surface area contributed by atoms with Gasteiger partial charge in [0.05, 0.1) is 33.8 Å². The number of nitrogens with one attached hydrogen (secondary N) is 1. The number of ether oxygens (including phenoxy) is 3. The van der Waals surface area contributed by atoms with Crippen molar-refractivity contribution >= 4 is 11.9 Å². The Bertz CT molecular complexity index is 708. The molecule has 0 bridgehead atoms. The lowest BCUT2D eigenvalue weighted by molar-refractivity contribution is -0.141. The molecule has 0 aliphatic heterocycles. The first-order valence-corrected chi connectivity index (χ1v) is 7.73. The summed E-state index contributed by atoms with van der Waals surface area (Å²) in [5.41, 5.74) is 1.19. The van der Waals surface area contributed by atoms with Crippen molar-refractivity contribution in [3.8, 4) is 11.5 Å². The van der Waals surface area contributed by atoms with Crippen molar-refractivity contribution in [1.29, 1.82) is 0 Å². The van der Waals surface area contributed by atoms with Gasteiger partial charge in [0.15, 0.2) is 0 Å². The van der Waals surface area contributed by atoms with E-state index in [1.165, 1.54) is 21.3 Å². The molecule has 0 aromatic heterocycles. The molecule has 0 saturated carbocycles. The highest BCUT2D eigenvalue weighted by Crippen LogP contribution is 2.24. The van der Waals surface area contributed by atoms with E-state index >= 15 is 0 Å². The molecule has 0 radical (unpaired) electrons. The third-order valence-corrected chi connectivity index (χ3v) is 3.72. The predicted octanol–water partition coefficient (Wildman–Crippen LogP) is 2.74. The van der Waals surface area contributed by atoms with Crippen molar-refractivity contribution in [3.05, 3.63) is 59.7 Å². The fraction of sp³-hybridized carbons (Fsp3) is 0.263. The van der Waals surface area contributed by atoms with Crippen LogP contribution in [-0.2, 0) is 9.53 Å². The lowest BCUT2D eigenvalue weighted by Crippen LogP contribution is -2.30. The SMILES string of the molecule is COC(=O)C[C@H](NC(=O)c1cc(OC)cc(OC)c1)c1ccccc1. The van der Waals surface area contributed by atoms with Gasteiger partial charge >= 0.3 is 5.97 Å². The third kappa shape index (κ3) is 4.97. The van der Waals surface area contributed by atoms with Crippen LogP contribution in [0.15, 0.2) is 48.5 Å². The molecule has 2 aromatic rings. The number of methoxy groups -OCH3 is 3. The van der Waals surface area contributed by atoms with Gasteiger partial charge < -0.3 is 19.5 Å². The summed E-state index contributed by atoms with van der Waals surface area (Å²) in [6, 6.07) is 13.7. The number of esters is 1. The van der Waals surface area contributed by atoms with E-state index in [0.29, 0.717) is 17.1 Å². The molecule has 2 rings (SSSR count). The zero-order valence-electron chi connectivity index (χ0n) is 14.4. The summed E-state index contributed by atoms with van der Waals surface area (Å²) >= 11 is 0. The Morgan fingerprint density at radius 3 is 2.08 bits per heavy atom. The summed E-state index contributed by atoms with van der Waals surface area (Å²) in [4.78, 5) is 24.4. The molecule has 2 aromatic carbocycles. The molecule has 6 heteroatoms. The molecule has 0 unspecified atom stereocenters. The Morgan fingerprint density at radius 2 is 1.56 bits per heavy atom. The van der Waals surface area contributed by atoms with Crippen LogP contribution < -0.4 is 14.8 Å². The Balaban J connectivity index is 2.26. The number of carbonyl (C=O) groups excluding carboxylic acids is 2. The first-order valence-electron chi connectivity index (χ1n) is 7.73. The molecule has 0 fully saturated rings. The number of amides is 1.